The predicted molar refractivity (Wildman–Crippen MR) is 109 cm³/mol. The molecule has 0 radical (unpaired) electrons. The first-order valence-corrected chi connectivity index (χ1v) is 11.3. The second-order valence-electron chi connectivity index (χ2n) is 10.1. The van der Waals surface area contributed by atoms with Gasteiger partial charge in [0.2, 0.25) is 0 Å². The van der Waals surface area contributed by atoms with Crippen LogP contribution in [0.1, 0.15) is 72.1 Å². The van der Waals surface area contributed by atoms with Gasteiger partial charge in [0.05, 0.1) is 6.61 Å². The molecular weight excluding hydrogens is 368 g/mol. The lowest BCUT2D eigenvalue weighted by Gasteiger charge is -2.59. The molecule has 4 aliphatic rings. The number of rotatable bonds is 4. The van der Waals surface area contributed by atoms with Crippen LogP contribution in [-0.4, -0.2) is 37.9 Å². The number of fused-ring (bicyclic) bond motifs is 5. The molecule has 0 aromatic carbocycles. The lowest BCUT2D eigenvalue weighted by atomic mass is 9.47. The maximum atomic E-state index is 11.6. The Morgan fingerprint density at radius 2 is 1.76 bits per heavy atom. The largest absolute Gasteiger partial charge is 0.462 e. The molecule has 0 N–H and O–H groups in total. The summed E-state index contributed by atoms with van der Waals surface area (Å²) >= 11 is 0. The van der Waals surface area contributed by atoms with Crippen molar-refractivity contribution in [2.24, 2.45) is 28.6 Å². The van der Waals surface area contributed by atoms with E-state index in [0.29, 0.717) is 17.8 Å². The normalized spacial score (nSPS) is 43.4. The van der Waals surface area contributed by atoms with E-state index >= 15 is 0 Å². The van der Waals surface area contributed by atoms with E-state index in [1.54, 1.807) is 0 Å². The van der Waals surface area contributed by atoms with E-state index in [4.69, 9.17) is 14.2 Å². The molecule has 5 nitrogen and oxygen atoms in total. The molecule has 4 rings (SSSR count). The highest BCUT2D eigenvalue weighted by atomic mass is 16.5. The van der Waals surface area contributed by atoms with Gasteiger partial charge in [-0.15, -0.1) is 0 Å². The minimum atomic E-state index is -0.198. The second-order valence-corrected chi connectivity index (χ2v) is 10.1. The van der Waals surface area contributed by atoms with Crippen LogP contribution in [0.5, 0.6) is 0 Å². The van der Waals surface area contributed by atoms with Gasteiger partial charge in [-0.25, -0.2) is 0 Å². The van der Waals surface area contributed by atoms with Gasteiger partial charge >= 0.3 is 11.9 Å². The summed E-state index contributed by atoms with van der Waals surface area (Å²) < 4.78 is 17.1. The molecule has 4 aliphatic carbocycles. The van der Waals surface area contributed by atoms with Gasteiger partial charge in [0.1, 0.15) is 12.2 Å². The maximum Gasteiger partial charge on any atom is 0.303 e. The van der Waals surface area contributed by atoms with Gasteiger partial charge in [-0.1, -0.05) is 12.5 Å². The van der Waals surface area contributed by atoms with Crippen LogP contribution in [0, 0.1) is 28.6 Å². The van der Waals surface area contributed by atoms with Gasteiger partial charge in [0, 0.05) is 31.8 Å². The summed E-state index contributed by atoms with van der Waals surface area (Å²) in [6, 6.07) is 0. The summed E-state index contributed by atoms with van der Waals surface area (Å²) in [5.74, 6) is 1.54. The van der Waals surface area contributed by atoms with Gasteiger partial charge in [-0.05, 0) is 75.2 Å². The average molecular weight is 405 g/mol. The minimum absolute atomic E-state index is 0.0703. The predicted octanol–water partition coefficient (Wildman–Crippen LogP) is 4.44. The van der Waals surface area contributed by atoms with E-state index in [1.807, 2.05) is 7.11 Å². The number of esters is 2. The van der Waals surface area contributed by atoms with Crippen molar-refractivity contribution >= 4 is 11.9 Å². The third kappa shape index (κ3) is 3.43. The van der Waals surface area contributed by atoms with Crippen molar-refractivity contribution in [2.75, 3.05) is 13.7 Å². The molecule has 0 bridgehead atoms. The van der Waals surface area contributed by atoms with Crippen LogP contribution in [0.4, 0.5) is 0 Å². The minimum Gasteiger partial charge on any atom is -0.462 e. The van der Waals surface area contributed by atoms with Crippen molar-refractivity contribution in [3.05, 3.63) is 11.6 Å². The summed E-state index contributed by atoms with van der Waals surface area (Å²) in [6.45, 7) is 6.15. The molecular formula is C24H36O5. The van der Waals surface area contributed by atoms with Crippen molar-refractivity contribution in [2.45, 2.75) is 84.3 Å². The molecule has 5 heteroatoms. The summed E-state index contributed by atoms with van der Waals surface area (Å²) in [6.07, 6.45) is 10.8. The molecule has 0 unspecified atom stereocenters. The van der Waals surface area contributed by atoms with E-state index in [9.17, 15) is 9.59 Å². The van der Waals surface area contributed by atoms with Crippen LogP contribution in [0.3, 0.4) is 0 Å². The molecule has 29 heavy (non-hydrogen) atoms. The standard InChI is InChI=1S/C24H36O5/c1-15(25)28-18-9-12-24(14-27-4)17(13-18)5-6-19-20-7-8-22(29-16(2)26)23(20,3)11-10-21(19)24/h13,18-22H,5-12,14H2,1-4H3/t18-,19-,20-,21-,22-,23-,24+/m0/s1. The Balaban J connectivity index is 1.61. The molecule has 0 aromatic heterocycles. The second kappa shape index (κ2) is 7.72. The number of methoxy groups -OCH3 is 1. The number of ether oxygens (including phenoxy) is 3. The lowest BCUT2D eigenvalue weighted by molar-refractivity contribution is -0.158. The van der Waals surface area contributed by atoms with Crippen LogP contribution < -0.4 is 0 Å². The van der Waals surface area contributed by atoms with Gasteiger partial charge in [0.15, 0.2) is 0 Å². The molecule has 162 valence electrons. The van der Waals surface area contributed by atoms with Gasteiger partial charge in [-0.2, -0.15) is 0 Å². The third-order valence-electron chi connectivity index (χ3n) is 8.74. The Morgan fingerprint density at radius 1 is 1.00 bits per heavy atom. The van der Waals surface area contributed by atoms with Crippen LogP contribution in [0.25, 0.3) is 0 Å². The van der Waals surface area contributed by atoms with Crippen LogP contribution in [-0.2, 0) is 23.8 Å². The Labute approximate surface area is 174 Å². The topological polar surface area (TPSA) is 61.8 Å². The summed E-state index contributed by atoms with van der Waals surface area (Å²) in [5.41, 5.74) is 1.64. The van der Waals surface area contributed by atoms with Crippen LogP contribution in [0.2, 0.25) is 0 Å². The fourth-order valence-corrected chi connectivity index (χ4v) is 7.67. The third-order valence-corrected chi connectivity index (χ3v) is 8.74. The van der Waals surface area contributed by atoms with Crippen molar-refractivity contribution in [1.29, 1.82) is 0 Å². The first kappa shape index (κ1) is 20.9. The highest BCUT2D eigenvalue weighted by molar-refractivity contribution is 5.66. The summed E-state index contributed by atoms with van der Waals surface area (Å²) in [4.78, 5) is 23.1. The Morgan fingerprint density at radius 3 is 2.45 bits per heavy atom. The molecule has 0 heterocycles. The van der Waals surface area contributed by atoms with Crippen molar-refractivity contribution in [3.8, 4) is 0 Å². The fraction of sp³-hybridized carbons (Fsp3) is 0.833. The monoisotopic (exact) mass is 404 g/mol. The van der Waals surface area contributed by atoms with Crippen molar-refractivity contribution in [1.82, 2.24) is 0 Å². The maximum absolute atomic E-state index is 11.6. The first-order chi connectivity index (χ1) is 13.8. The van der Waals surface area contributed by atoms with Crippen molar-refractivity contribution in [3.63, 3.8) is 0 Å². The summed E-state index contributed by atoms with van der Waals surface area (Å²) in [7, 11) is 1.81. The SMILES string of the molecule is COC[C@]12CC[C@H](OC(C)=O)C=C1CC[C@@H]1[C@@H]2CC[C@]2(C)[C@@H](OC(C)=O)CC[C@@H]12. The molecule has 0 amide bonds. The number of carbonyl (C=O) groups excluding carboxylic acids is 2. The zero-order chi connectivity index (χ0) is 20.8. The molecule has 0 spiro atoms. The average Bonchev–Trinajstić information content (AvgIpc) is 2.97. The highest BCUT2D eigenvalue weighted by Gasteiger charge is 2.61. The molecule has 0 aromatic rings. The Bertz CT molecular complexity index is 699. The first-order valence-electron chi connectivity index (χ1n) is 11.3. The Hall–Kier alpha value is -1.36. The zero-order valence-corrected chi connectivity index (χ0v) is 18.4. The van der Waals surface area contributed by atoms with Crippen molar-refractivity contribution < 1.29 is 23.8 Å². The molecule has 3 fully saturated rings. The van der Waals surface area contributed by atoms with E-state index < -0.39 is 0 Å². The molecule has 7 atom stereocenters. The number of hydrogen-bond donors (Lipinski definition) is 0. The molecule has 3 saturated carbocycles. The summed E-state index contributed by atoms with van der Waals surface area (Å²) in [5, 5.41) is 0. The quantitative estimate of drug-likeness (QED) is 0.512. The number of hydrogen-bond acceptors (Lipinski definition) is 5. The van der Waals surface area contributed by atoms with Gasteiger partial charge in [0.25, 0.3) is 0 Å². The van der Waals surface area contributed by atoms with E-state index in [2.05, 4.69) is 13.0 Å². The fourth-order valence-electron chi connectivity index (χ4n) is 7.67. The van der Waals surface area contributed by atoms with Crippen LogP contribution >= 0.6 is 0 Å². The van der Waals surface area contributed by atoms with E-state index in [0.717, 1.165) is 51.6 Å². The van der Waals surface area contributed by atoms with Crippen LogP contribution in [0.15, 0.2) is 11.6 Å². The highest BCUT2D eigenvalue weighted by Crippen LogP contribution is 2.66. The van der Waals surface area contributed by atoms with Gasteiger partial charge < -0.3 is 14.2 Å². The Kier molecular flexibility index (Phi) is 5.56. The molecule has 0 saturated heterocycles. The number of carbonyl (C=O) groups is 2. The van der Waals surface area contributed by atoms with E-state index in [1.165, 1.54) is 25.8 Å². The lowest BCUT2D eigenvalue weighted by Crippen LogP contribution is -2.54. The van der Waals surface area contributed by atoms with Gasteiger partial charge in [-0.3, -0.25) is 9.59 Å². The van der Waals surface area contributed by atoms with E-state index in [-0.39, 0.29) is 35.0 Å². The molecule has 0 aliphatic heterocycles. The smallest absolute Gasteiger partial charge is 0.303 e. The zero-order valence-electron chi connectivity index (χ0n) is 18.4.